The van der Waals surface area contributed by atoms with Crippen molar-refractivity contribution in [2.24, 2.45) is 0 Å². The van der Waals surface area contributed by atoms with Gasteiger partial charge in [-0.25, -0.2) is 4.39 Å². The average Bonchev–Trinajstić information content (AvgIpc) is 2.01. The zero-order valence-electron chi connectivity index (χ0n) is 7.03. The van der Waals surface area contributed by atoms with Crippen molar-refractivity contribution in [3.8, 4) is 11.5 Å². The second-order valence-electron chi connectivity index (χ2n) is 2.27. The molecule has 4 nitrogen and oxygen atoms in total. The average molecular weight is 241 g/mol. The first-order valence-electron chi connectivity index (χ1n) is 3.40. The van der Waals surface area contributed by atoms with E-state index in [-0.39, 0.29) is 11.5 Å². The predicted octanol–water partition coefficient (Wildman–Crippen LogP) is 1.70. The van der Waals surface area contributed by atoms with Gasteiger partial charge in [0.15, 0.2) is 11.6 Å². The third-order valence-corrected chi connectivity index (χ3v) is 1.90. The van der Waals surface area contributed by atoms with E-state index in [9.17, 15) is 12.8 Å². The molecular weight excluding hydrogens is 235 g/mol. The molecule has 0 heterocycles. The van der Waals surface area contributed by atoms with E-state index in [0.29, 0.717) is 0 Å². The van der Waals surface area contributed by atoms with Crippen LogP contribution in [0.1, 0.15) is 0 Å². The summed E-state index contributed by atoms with van der Waals surface area (Å²) in [6, 6.07) is 3.31. The van der Waals surface area contributed by atoms with Gasteiger partial charge in [0, 0.05) is 6.07 Å². The maximum Gasteiger partial charge on any atom is 0.401 e. The molecule has 0 saturated carbocycles. The molecule has 0 amide bonds. The zero-order valence-corrected chi connectivity index (χ0v) is 8.60. The second kappa shape index (κ2) is 4.02. The van der Waals surface area contributed by atoms with Gasteiger partial charge in [0.1, 0.15) is 5.75 Å². The van der Waals surface area contributed by atoms with Crippen LogP contribution in [-0.4, -0.2) is 15.5 Å². The Morgan fingerprint density at radius 3 is 2.50 bits per heavy atom. The molecule has 0 aromatic heterocycles. The SMILES string of the molecule is COc1ccc(OS(=O)(=O)Cl)cc1F. The molecule has 0 radical (unpaired) electrons. The number of halogens is 2. The third-order valence-electron chi connectivity index (χ3n) is 1.32. The Bertz CT molecular complexity index is 431. The monoisotopic (exact) mass is 240 g/mol. The van der Waals surface area contributed by atoms with Crippen molar-refractivity contribution in [1.29, 1.82) is 0 Å². The van der Waals surface area contributed by atoms with Crippen LogP contribution in [0.3, 0.4) is 0 Å². The molecule has 0 aliphatic carbocycles. The van der Waals surface area contributed by atoms with Gasteiger partial charge in [0.25, 0.3) is 0 Å². The zero-order chi connectivity index (χ0) is 10.8. The van der Waals surface area contributed by atoms with E-state index in [2.05, 4.69) is 8.92 Å². The molecular formula is C7H6ClFO4S. The van der Waals surface area contributed by atoms with Crippen molar-refractivity contribution in [2.75, 3.05) is 7.11 Å². The molecule has 0 aliphatic rings. The summed E-state index contributed by atoms with van der Waals surface area (Å²) in [5, 5.41) is 0. The van der Waals surface area contributed by atoms with Crippen molar-refractivity contribution < 1.29 is 21.7 Å². The van der Waals surface area contributed by atoms with Gasteiger partial charge in [0.05, 0.1) is 17.8 Å². The van der Waals surface area contributed by atoms with Crippen molar-refractivity contribution in [1.82, 2.24) is 0 Å². The summed E-state index contributed by atoms with van der Waals surface area (Å²) in [6.45, 7) is 0. The first-order chi connectivity index (χ1) is 6.42. The molecule has 0 aliphatic heterocycles. The Labute approximate surface area is 84.8 Å². The normalized spacial score (nSPS) is 11.1. The molecule has 0 bridgehead atoms. The largest absolute Gasteiger partial charge is 0.494 e. The molecule has 1 aromatic rings. The predicted molar refractivity (Wildman–Crippen MR) is 48.4 cm³/mol. The summed E-state index contributed by atoms with van der Waals surface area (Å²) in [7, 11) is 1.93. The second-order valence-corrected chi connectivity index (χ2v) is 4.36. The van der Waals surface area contributed by atoms with Gasteiger partial charge in [-0.1, -0.05) is 0 Å². The van der Waals surface area contributed by atoms with Gasteiger partial charge >= 0.3 is 9.33 Å². The molecule has 0 fully saturated rings. The quantitative estimate of drug-likeness (QED) is 0.755. The summed E-state index contributed by atoms with van der Waals surface area (Å²) in [4.78, 5) is 0. The highest BCUT2D eigenvalue weighted by Gasteiger charge is 2.10. The molecule has 1 rings (SSSR count). The van der Waals surface area contributed by atoms with Crippen LogP contribution in [0.15, 0.2) is 18.2 Å². The Morgan fingerprint density at radius 2 is 2.07 bits per heavy atom. The van der Waals surface area contributed by atoms with Crippen LogP contribution in [0.25, 0.3) is 0 Å². The van der Waals surface area contributed by atoms with Crippen LogP contribution < -0.4 is 8.92 Å². The summed E-state index contributed by atoms with van der Waals surface area (Å²) in [5.74, 6) is -0.951. The van der Waals surface area contributed by atoms with Crippen LogP contribution in [-0.2, 0) is 9.33 Å². The lowest BCUT2D eigenvalue weighted by Crippen LogP contribution is -2.00. The van der Waals surface area contributed by atoms with Crippen LogP contribution >= 0.6 is 10.7 Å². The molecule has 78 valence electrons. The van der Waals surface area contributed by atoms with Gasteiger partial charge in [-0.05, 0) is 12.1 Å². The summed E-state index contributed by atoms with van der Waals surface area (Å²) < 4.78 is 42.7. The number of hydrogen-bond acceptors (Lipinski definition) is 4. The van der Waals surface area contributed by atoms with Gasteiger partial charge in [-0.3, -0.25) is 0 Å². The highest BCUT2D eigenvalue weighted by Crippen LogP contribution is 2.23. The van der Waals surface area contributed by atoms with E-state index in [4.69, 9.17) is 10.7 Å². The van der Waals surface area contributed by atoms with Crippen LogP contribution in [0.4, 0.5) is 4.39 Å². The summed E-state index contributed by atoms with van der Waals surface area (Å²) in [5.41, 5.74) is 0. The lowest BCUT2D eigenvalue weighted by Gasteiger charge is -2.04. The van der Waals surface area contributed by atoms with Crippen LogP contribution in [0.2, 0.25) is 0 Å². The Morgan fingerprint density at radius 1 is 1.43 bits per heavy atom. The maximum absolute atomic E-state index is 13.0. The van der Waals surface area contributed by atoms with Gasteiger partial charge < -0.3 is 8.92 Å². The van der Waals surface area contributed by atoms with Crippen molar-refractivity contribution in [2.45, 2.75) is 0 Å². The molecule has 0 unspecified atom stereocenters. The number of ether oxygens (including phenoxy) is 1. The minimum absolute atomic E-state index is 0.00989. The molecule has 0 saturated heterocycles. The van der Waals surface area contributed by atoms with Gasteiger partial charge in [-0.15, -0.1) is 0 Å². The number of hydrogen-bond donors (Lipinski definition) is 0. The molecule has 14 heavy (non-hydrogen) atoms. The number of rotatable bonds is 3. The highest BCUT2D eigenvalue weighted by molar-refractivity contribution is 8.10. The van der Waals surface area contributed by atoms with Crippen molar-refractivity contribution in [3.05, 3.63) is 24.0 Å². The summed E-state index contributed by atoms with van der Waals surface area (Å²) in [6.07, 6.45) is 0. The minimum Gasteiger partial charge on any atom is -0.494 e. The van der Waals surface area contributed by atoms with E-state index < -0.39 is 15.1 Å². The minimum atomic E-state index is -4.15. The van der Waals surface area contributed by atoms with Gasteiger partial charge in [-0.2, -0.15) is 8.42 Å². The van der Waals surface area contributed by atoms with E-state index in [1.807, 2.05) is 0 Å². The van der Waals surface area contributed by atoms with Crippen molar-refractivity contribution in [3.63, 3.8) is 0 Å². The fourth-order valence-electron chi connectivity index (χ4n) is 0.814. The number of methoxy groups -OCH3 is 1. The van der Waals surface area contributed by atoms with E-state index >= 15 is 0 Å². The van der Waals surface area contributed by atoms with E-state index in [1.54, 1.807) is 0 Å². The number of benzene rings is 1. The molecule has 7 heteroatoms. The first kappa shape index (κ1) is 11.1. The van der Waals surface area contributed by atoms with E-state index in [1.165, 1.54) is 19.2 Å². The molecule has 0 N–H and O–H groups in total. The summed E-state index contributed by atoms with van der Waals surface area (Å²) >= 11 is 0. The standard InChI is InChI=1S/C7H6ClFO4S/c1-12-7-3-2-5(4-6(7)9)13-14(8,10)11/h2-4H,1H3. The molecule has 0 atom stereocenters. The highest BCUT2D eigenvalue weighted by atomic mass is 35.7. The Kier molecular flexibility index (Phi) is 3.17. The lowest BCUT2D eigenvalue weighted by molar-refractivity contribution is 0.385. The lowest BCUT2D eigenvalue weighted by atomic mass is 10.3. The maximum atomic E-state index is 13.0. The smallest absolute Gasteiger partial charge is 0.401 e. The first-order valence-corrected chi connectivity index (χ1v) is 5.63. The van der Waals surface area contributed by atoms with Gasteiger partial charge in [0.2, 0.25) is 0 Å². The topological polar surface area (TPSA) is 52.6 Å². The molecule has 1 aromatic carbocycles. The fourth-order valence-corrected chi connectivity index (χ4v) is 1.37. The Balaban J connectivity index is 2.98. The molecule has 0 spiro atoms. The van der Waals surface area contributed by atoms with Crippen LogP contribution in [0.5, 0.6) is 11.5 Å². The van der Waals surface area contributed by atoms with Crippen molar-refractivity contribution >= 4 is 20.0 Å². The van der Waals surface area contributed by atoms with E-state index in [0.717, 1.165) is 6.07 Å². The third kappa shape index (κ3) is 3.04. The fraction of sp³-hybridized carbons (Fsp3) is 0.143. The Hall–Kier alpha value is -1.01. The van der Waals surface area contributed by atoms with Crippen LogP contribution in [0, 0.1) is 5.82 Å².